The van der Waals surface area contributed by atoms with E-state index in [2.05, 4.69) is 9.88 Å². The Morgan fingerprint density at radius 2 is 1.97 bits per heavy atom. The van der Waals surface area contributed by atoms with Gasteiger partial charge in [-0.3, -0.25) is 9.98 Å². The van der Waals surface area contributed by atoms with E-state index in [4.69, 9.17) is 20.9 Å². The first kappa shape index (κ1) is 21.3. The average molecular weight is 434 g/mol. The number of benzene rings is 1. The summed E-state index contributed by atoms with van der Waals surface area (Å²) >= 11 is 0. The summed E-state index contributed by atoms with van der Waals surface area (Å²) in [6.45, 7) is 5.54. The fraction of sp³-hybridized carbons (Fsp3) is 0.500. The van der Waals surface area contributed by atoms with E-state index in [0.717, 1.165) is 60.3 Å². The molecular formula is C26H35N5O. The van der Waals surface area contributed by atoms with Crippen LogP contribution < -0.4 is 5.73 Å². The number of aromatic nitrogens is 1. The molecule has 1 aromatic carbocycles. The molecule has 3 atom stereocenters. The second-order valence-corrected chi connectivity index (χ2v) is 9.63. The highest BCUT2D eigenvalue weighted by atomic mass is 16.5. The Bertz CT molecular complexity index is 1020. The van der Waals surface area contributed by atoms with Gasteiger partial charge in [0.25, 0.3) is 0 Å². The van der Waals surface area contributed by atoms with Crippen molar-refractivity contribution < 1.29 is 6.16 Å². The van der Waals surface area contributed by atoms with Crippen molar-refractivity contribution in [3.05, 3.63) is 54.2 Å². The number of pyridine rings is 1. The Balaban J connectivity index is 0.00000259. The molecule has 0 bridgehead atoms. The second-order valence-electron chi connectivity index (χ2n) is 9.63. The third kappa shape index (κ3) is 4.92. The lowest BCUT2D eigenvalue weighted by Gasteiger charge is -2.27. The van der Waals surface area contributed by atoms with E-state index in [1.54, 1.807) is 18.3 Å². The molecule has 1 saturated carbocycles. The van der Waals surface area contributed by atoms with Crippen molar-refractivity contribution in [2.75, 3.05) is 32.8 Å². The van der Waals surface area contributed by atoms with Crippen LogP contribution in [0.5, 0.6) is 0 Å². The van der Waals surface area contributed by atoms with Gasteiger partial charge in [-0.05, 0) is 73.8 Å². The van der Waals surface area contributed by atoms with E-state index in [1.807, 2.05) is 30.3 Å². The maximum Gasteiger partial charge on any atom is 0.118 e. The number of fused-ring (bicyclic) bond motifs is 2. The number of nitrogens with zero attached hydrogens (tertiary/aromatic N) is 3. The maximum absolute atomic E-state index is 8.38. The first-order valence-electron chi connectivity index (χ1n) is 11.9. The maximum atomic E-state index is 8.38. The molecule has 0 amide bonds. The molecule has 170 valence electrons. The van der Waals surface area contributed by atoms with Crippen LogP contribution >= 0.6 is 0 Å². The number of nitrogens with one attached hydrogen (secondary N) is 1. The van der Waals surface area contributed by atoms with E-state index in [9.17, 15) is 0 Å². The predicted octanol–water partition coefficient (Wildman–Crippen LogP) is 3.90. The van der Waals surface area contributed by atoms with Crippen LogP contribution in [-0.4, -0.2) is 60.3 Å². The van der Waals surface area contributed by atoms with Gasteiger partial charge < -0.3 is 20.8 Å². The molecule has 1 aromatic heterocycles. The van der Waals surface area contributed by atoms with Crippen molar-refractivity contribution in [2.45, 2.75) is 31.7 Å². The number of aliphatic imine (C=N–C) groups is 1. The lowest BCUT2D eigenvalue weighted by Crippen LogP contribution is -2.32. The van der Waals surface area contributed by atoms with Gasteiger partial charge in [0.15, 0.2) is 0 Å². The van der Waals surface area contributed by atoms with Crippen molar-refractivity contribution in [3.63, 3.8) is 0 Å². The molecule has 5 rings (SSSR count). The van der Waals surface area contributed by atoms with Gasteiger partial charge in [-0.25, -0.2) is 0 Å². The van der Waals surface area contributed by atoms with E-state index < -0.39 is 0 Å². The highest BCUT2D eigenvalue weighted by Crippen LogP contribution is 2.40. The molecule has 3 heterocycles. The number of allylic oxidation sites excluding steroid dienone is 1. The lowest BCUT2D eigenvalue weighted by molar-refractivity contribution is 0.0545. The number of likely N-dealkylation sites (tertiary alicyclic amines) is 1. The summed E-state index contributed by atoms with van der Waals surface area (Å²) in [5.41, 5.74) is 8.43. The summed E-state index contributed by atoms with van der Waals surface area (Å²) in [6.07, 6.45) is 10.0. The third-order valence-electron chi connectivity index (χ3n) is 7.33. The van der Waals surface area contributed by atoms with Crippen molar-refractivity contribution >= 4 is 22.5 Å². The summed E-state index contributed by atoms with van der Waals surface area (Å²) in [4.78, 5) is 11.8. The number of hydrogen-bond donors (Lipinski definition) is 2. The third-order valence-corrected chi connectivity index (χ3v) is 7.33. The number of hydrogen-bond acceptors (Lipinski definition) is 5. The Hall–Kier alpha value is -2.57. The van der Waals surface area contributed by atoms with Crippen LogP contribution in [0.3, 0.4) is 0 Å². The van der Waals surface area contributed by atoms with Crippen molar-refractivity contribution in [1.82, 2.24) is 9.88 Å². The fourth-order valence-corrected chi connectivity index (χ4v) is 5.68. The Labute approximate surface area is 191 Å². The van der Waals surface area contributed by atoms with Crippen molar-refractivity contribution in [1.29, 1.82) is 5.41 Å². The fourth-order valence-electron chi connectivity index (χ4n) is 5.68. The number of rotatable bonds is 6. The van der Waals surface area contributed by atoms with Crippen LogP contribution in [0, 0.1) is 23.2 Å². The minimum absolute atomic E-state index is 0. The molecule has 3 fully saturated rings. The van der Waals surface area contributed by atoms with Gasteiger partial charge in [0, 0.05) is 51.4 Å². The minimum Gasteiger partial charge on any atom is -0.384 e. The molecule has 2 aromatic rings. The van der Waals surface area contributed by atoms with Crippen LogP contribution in [0.25, 0.3) is 10.9 Å². The second kappa shape index (κ2) is 9.51. The number of nitrogens with two attached hydrogens (primary N) is 1. The summed E-state index contributed by atoms with van der Waals surface area (Å²) in [7, 11) is 0. The molecule has 6 heteroatoms. The van der Waals surface area contributed by atoms with Crippen molar-refractivity contribution in [2.24, 2.45) is 28.5 Å². The van der Waals surface area contributed by atoms with Gasteiger partial charge in [0.1, 0.15) is 5.84 Å². The number of ether oxygens (including phenoxy) is 1. The molecule has 1 unspecified atom stereocenters. The largest absolute Gasteiger partial charge is 0.384 e. The number of amidine groups is 1. The van der Waals surface area contributed by atoms with E-state index >= 15 is 0 Å². The van der Waals surface area contributed by atoms with Gasteiger partial charge >= 0.3 is 0 Å². The quantitative estimate of drug-likeness (QED) is 0.534. The highest BCUT2D eigenvalue weighted by molar-refractivity contribution is 6.11. The molecule has 2 saturated heterocycles. The summed E-state index contributed by atoms with van der Waals surface area (Å²) < 4.78 is 5.50. The Morgan fingerprint density at radius 1 is 1.19 bits per heavy atom. The normalized spacial score (nSPS) is 27.4. The highest BCUT2D eigenvalue weighted by Gasteiger charge is 2.41. The summed E-state index contributed by atoms with van der Waals surface area (Å²) in [5, 5.41) is 9.42. The molecule has 3 aliphatic rings. The van der Waals surface area contributed by atoms with E-state index in [1.165, 1.54) is 32.5 Å². The van der Waals surface area contributed by atoms with Gasteiger partial charge in [-0.1, -0.05) is 12.1 Å². The standard InChI is InChI=1S/C26H33N5O.H2/c27-24(19-3-5-25-20(12-19)2-1-9-29-25)4-6-26(28)30-23-13-21-16-31(17-22(21)14-23)15-18-7-10-32-11-8-18;/h1-6,9,12,18,21-23,27H,7-8,10-11,13-17H2,(H2,28,30);1H/b6-4-,27-24?;/t21-,22+,23?;. The van der Waals surface area contributed by atoms with Gasteiger partial charge in [0.2, 0.25) is 0 Å². The van der Waals surface area contributed by atoms with Crippen LogP contribution in [0.2, 0.25) is 0 Å². The monoisotopic (exact) mass is 433 g/mol. The Kier molecular flexibility index (Phi) is 6.32. The zero-order valence-electron chi connectivity index (χ0n) is 18.6. The molecule has 0 spiro atoms. The smallest absolute Gasteiger partial charge is 0.118 e. The molecule has 0 radical (unpaired) electrons. The first-order chi connectivity index (χ1) is 15.6. The average Bonchev–Trinajstić information content (AvgIpc) is 3.35. The van der Waals surface area contributed by atoms with Gasteiger partial charge in [-0.2, -0.15) is 0 Å². The molecule has 6 nitrogen and oxygen atoms in total. The van der Waals surface area contributed by atoms with Crippen LogP contribution in [0.4, 0.5) is 0 Å². The topological polar surface area (TPSA) is 87.6 Å². The minimum atomic E-state index is 0. The van der Waals surface area contributed by atoms with Gasteiger partial charge in [-0.15, -0.1) is 0 Å². The summed E-state index contributed by atoms with van der Waals surface area (Å²) in [6, 6.07) is 10.1. The van der Waals surface area contributed by atoms with Crippen LogP contribution in [0.15, 0.2) is 53.7 Å². The van der Waals surface area contributed by atoms with E-state index in [0.29, 0.717) is 17.6 Å². The van der Waals surface area contributed by atoms with Crippen molar-refractivity contribution in [3.8, 4) is 0 Å². The Morgan fingerprint density at radius 3 is 2.75 bits per heavy atom. The molecular weight excluding hydrogens is 398 g/mol. The van der Waals surface area contributed by atoms with Gasteiger partial charge in [0.05, 0.1) is 17.3 Å². The van der Waals surface area contributed by atoms with Crippen LogP contribution in [0.1, 0.15) is 32.7 Å². The first-order valence-corrected chi connectivity index (χ1v) is 11.9. The zero-order valence-corrected chi connectivity index (χ0v) is 18.6. The van der Waals surface area contributed by atoms with Crippen LogP contribution in [-0.2, 0) is 4.74 Å². The molecule has 3 N–H and O–H groups in total. The molecule has 2 aliphatic heterocycles. The SMILES string of the molecule is N=C(/C=C\C(N)=NC1C[C@@H]2CN(CC3CCOCC3)C[C@@H]2C1)c1ccc2ncccc2c1.[HH]. The lowest BCUT2D eigenvalue weighted by atomic mass is 10.00. The zero-order chi connectivity index (χ0) is 21.9. The van der Waals surface area contributed by atoms with E-state index in [-0.39, 0.29) is 1.43 Å². The predicted molar refractivity (Wildman–Crippen MR) is 131 cm³/mol. The summed E-state index contributed by atoms with van der Waals surface area (Å²) in [5.74, 6) is 2.85. The molecule has 1 aliphatic carbocycles. The molecule has 32 heavy (non-hydrogen) atoms.